The summed E-state index contributed by atoms with van der Waals surface area (Å²) < 4.78 is 10.7. The minimum absolute atomic E-state index is 0.0736. The lowest BCUT2D eigenvalue weighted by atomic mass is 10.2. The molecule has 8 heteroatoms. The smallest absolute Gasteiger partial charge is 0.342 e. The highest BCUT2D eigenvalue weighted by Crippen LogP contribution is 2.19. The maximum atomic E-state index is 12.2. The molecule has 0 aliphatic heterocycles. The number of carbonyl (C=O) groups is 1. The van der Waals surface area contributed by atoms with Crippen LogP contribution in [0.25, 0.3) is 0 Å². The topological polar surface area (TPSA) is 103 Å². The van der Waals surface area contributed by atoms with E-state index in [2.05, 4.69) is 15.0 Å². The SMILES string of the molecule is CCOc1ccccc1C(=O)OCc1nc(N)nc(N(C)C)n1. The van der Waals surface area contributed by atoms with Crippen molar-refractivity contribution >= 4 is 17.9 Å². The number of nitrogens with zero attached hydrogens (tertiary/aromatic N) is 4. The van der Waals surface area contributed by atoms with Crippen molar-refractivity contribution < 1.29 is 14.3 Å². The van der Waals surface area contributed by atoms with E-state index in [1.165, 1.54) is 0 Å². The van der Waals surface area contributed by atoms with Crippen LogP contribution in [-0.2, 0) is 11.3 Å². The first kappa shape index (κ1) is 16.5. The Kier molecular flexibility index (Phi) is 5.29. The van der Waals surface area contributed by atoms with E-state index in [-0.39, 0.29) is 18.4 Å². The molecule has 2 rings (SSSR count). The summed E-state index contributed by atoms with van der Waals surface area (Å²) in [5.41, 5.74) is 5.98. The first-order valence-electron chi connectivity index (χ1n) is 7.08. The molecule has 0 bridgehead atoms. The van der Waals surface area contributed by atoms with Crippen LogP contribution in [0.5, 0.6) is 5.75 Å². The van der Waals surface area contributed by atoms with Gasteiger partial charge in [-0.05, 0) is 19.1 Å². The third-order valence-corrected chi connectivity index (χ3v) is 2.83. The summed E-state index contributed by atoms with van der Waals surface area (Å²) in [7, 11) is 3.56. The van der Waals surface area contributed by atoms with E-state index in [1.807, 2.05) is 6.92 Å². The number of carbonyl (C=O) groups excluding carboxylic acids is 1. The van der Waals surface area contributed by atoms with Gasteiger partial charge in [0, 0.05) is 14.1 Å². The summed E-state index contributed by atoms with van der Waals surface area (Å²) in [6, 6.07) is 6.88. The third-order valence-electron chi connectivity index (χ3n) is 2.83. The van der Waals surface area contributed by atoms with Crippen LogP contribution in [0.4, 0.5) is 11.9 Å². The molecule has 122 valence electrons. The average Bonchev–Trinajstić information content (AvgIpc) is 2.53. The van der Waals surface area contributed by atoms with Gasteiger partial charge in [0.05, 0.1) is 6.61 Å². The van der Waals surface area contributed by atoms with E-state index < -0.39 is 5.97 Å². The fourth-order valence-corrected chi connectivity index (χ4v) is 1.81. The number of esters is 1. The molecule has 2 N–H and O–H groups in total. The highest BCUT2D eigenvalue weighted by atomic mass is 16.5. The van der Waals surface area contributed by atoms with Crippen LogP contribution in [0.2, 0.25) is 0 Å². The average molecular weight is 317 g/mol. The molecule has 0 saturated carbocycles. The van der Waals surface area contributed by atoms with Crippen LogP contribution in [0, 0.1) is 0 Å². The molecule has 1 aromatic heterocycles. The van der Waals surface area contributed by atoms with Gasteiger partial charge in [-0.25, -0.2) is 4.79 Å². The monoisotopic (exact) mass is 317 g/mol. The zero-order valence-corrected chi connectivity index (χ0v) is 13.3. The van der Waals surface area contributed by atoms with Crippen LogP contribution < -0.4 is 15.4 Å². The van der Waals surface area contributed by atoms with Crippen molar-refractivity contribution in [3.63, 3.8) is 0 Å². The van der Waals surface area contributed by atoms with Gasteiger partial charge in [-0.15, -0.1) is 0 Å². The highest BCUT2D eigenvalue weighted by Gasteiger charge is 2.15. The number of para-hydroxylation sites is 1. The molecule has 8 nitrogen and oxygen atoms in total. The number of ether oxygens (including phenoxy) is 2. The standard InChI is InChI=1S/C15H19N5O3/c1-4-22-11-8-6-5-7-10(11)13(21)23-9-12-17-14(16)19-15(18-12)20(2)3/h5-8H,4,9H2,1-3H3,(H2,16,17,18,19). The summed E-state index contributed by atoms with van der Waals surface area (Å²) in [5.74, 6) is 0.717. The number of hydrogen-bond donors (Lipinski definition) is 1. The normalized spacial score (nSPS) is 10.2. The van der Waals surface area contributed by atoms with Crippen molar-refractivity contribution in [1.29, 1.82) is 0 Å². The minimum atomic E-state index is -0.514. The Balaban J connectivity index is 2.11. The van der Waals surface area contributed by atoms with Gasteiger partial charge in [0.1, 0.15) is 11.3 Å². The number of hydrogen-bond acceptors (Lipinski definition) is 8. The molecule has 0 fully saturated rings. The van der Waals surface area contributed by atoms with Crippen molar-refractivity contribution in [1.82, 2.24) is 15.0 Å². The summed E-state index contributed by atoms with van der Waals surface area (Å²) >= 11 is 0. The number of benzene rings is 1. The first-order valence-corrected chi connectivity index (χ1v) is 7.08. The molecule has 0 radical (unpaired) electrons. The molecule has 0 atom stereocenters. The lowest BCUT2D eigenvalue weighted by Crippen LogP contribution is -2.17. The summed E-state index contributed by atoms with van der Waals surface area (Å²) in [5, 5.41) is 0. The van der Waals surface area contributed by atoms with Gasteiger partial charge >= 0.3 is 5.97 Å². The van der Waals surface area contributed by atoms with Crippen LogP contribution in [0.3, 0.4) is 0 Å². The Labute approximate surface area is 134 Å². The van der Waals surface area contributed by atoms with Gasteiger partial charge < -0.3 is 20.1 Å². The largest absolute Gasteiger partial charge is 0.493 e. The second-order valence-corrected chi connectivity index (χ2v) is 4.81. The minimum Gasteiger partial charge on any atom is -0.493 e. The van der Waals surface area contributed by atoms with Crippen molar-refractivity contribution in [3.8, 4) is 5.75 Å². The summed E-state index contributed by atoms with van der Waals surface area (Å²) in [6.07, 6.45) is 0. The van der Waals surface area contributed by atoms with Crippen LogP contribution in [-0.4, -0.2) is 41.6 Å². The van der Waals surface area contributed by atoms with Crippen LogP contribution >= 0.6 is 0 Å². The number of nitrogens with two attached hydrogens (primary N) is 1. The predicted octanol–water partition coefficient (Wildman–Crippen LogP) is 1.28. The maximum absolute atomic E-state index is 12.2. The van der Waals surface area contributed by atoms with E-state index in [4.69, 9.17) is 15.2 Å². The molecular weight excluding hydrogens is 298 g/mol. The lowest BCUT2D eigenvalue weighted by Gasteiger charge is -2.12. The molecule has 0 amide bonds. The molecule has 1 aromatic carbocycles. The van der Waals surface area contributed by atoms with Crippen LogP contribution in [0.1, 0.15) is 23.1 Å². The molecule has 23 heavy (non-hydrogen) atoms. The Hall–Kier alpha value is -2.90. The Morgan fingerprint density at radius 2 is 1.96 bits per heavy atom. The van der Waals surface area contributed by atoms with Gasteiger partial charge in [0.25, 0.3) is 0 Å². The molecule has 2 aromatic rings. The summed E-state index contributed by atoms with van der Waals surface area (Å²) in [6.45, 7) is 2.20. The van der Waals surface area contributed by atoms with Crippen molar-refractivity contribution in [2.24, 2.45) is 0 Å². The number of rotatable bonds is 6. The van der Waals surface area contributed by atoms with E-state index >= 15 is 0 Å². The third kappa shape index (κ3) is 4.29. The predicted molar refractivity (Wildman–Crippen MR) is 85.3 cm³/mol. The number of anilines is 2. The molecule has 0 unspecified atom stereocenters. The quantitative estimate of drug-likeness (QED) is 0.795. The van der Waals surface area contributed by atoms with Crippen molar-refractivity contribution in [3.05, 3.63) is 35.7 Å². The van der Waals surface area contributed by atoms with Crippen molar-refractivity contribution in [2.75, 3.05) is 31.3 Å². The molecule has 0 spiro atoms. The van der Waals surface area contributed by atoms with Gasteiger partial charge in [-0.1, -0.05) is 12.1 Å². The fourth-order valence-electron chi connectivity index (χ4n) is 1.81. The lowest BCUT2D eigenvalue weighted by molar-refractivity contribution is 0.0457. The highest BCUT2D eigenvalue weighted by molar-refractivity contribution is 5.92. The number of nitrogen functional groups attached to an aromatic ring is 1. The van der Waals surface area contributed by atoms with Crippen molar-refractivity contribution in [2.45, 2.75) is 13.5 Å². The molecule has 0 saturated heterocycles. The van der Waals surface area contributed by atoms with Gasteiger partial charge in [-0.3, -0.25) is 0 Å². The van der Waals surface area contributed by atoms with Gasteiger partial charge in [0.15, 0.2) is 12.4 Å². The summed E-state index contributed by atoms with van der Waals surface area (Å²) in [4.78, 5) is 26.0. The fraction of sp³-hybridized carbons (Fsp3) is 0.333. The Morgan fingerprint density at radius 3 is 2.65 bits per heavy atom. The zero-order valence-electron chi connectivity index (χ0n) is 13.3. The van der Waals surface area contributed by atoms with Gasteiger partial charge in [-0.2, -0.15) is 15.0 Å². The zero-order chi connectivity index (χ0) is 16.8. The second-order valence-electron chi connectivity index (χ2n) is 4.81. The Bertz CT molecular complexity index is 691. The van der Waals surface area contributed by atoms with E-state index in [0.29, 0.717) is 23.9 Å². The van der Waals surface area contributed by atoms with Crippen LogP contribution in [0.15, 0.2) is 24.3 Å². The van der Waals surface area contributed by atoms with Gasteiger partial charge in [0.2, 0.25) is 11.9 Å². The second kappa shape index (κ2) is 7.39. The first-order chi connectivity index (χ1) is 11.0. The Morgan fingerprint density at radius 1 is 1.22 bits per heavy atom. The number of aromatic nitrogens is 3. The molecule has 1 heterocycles. The van der Waals surface area contributed by atoms with E-state index in [1.54, 1.807) is 43.3 Å². The maximum Gasteiger partial charge on any atom is 0.342 e. The molecule has 0 aliphatic rings. The molecule has 0 aliphatic carbocycles. The van der Waals surface area contributed by atoms with E-state index in [0.717, 1.165) is 0 Å². The molecular formula is C15H19N5O3. The van der Waals surface area contributed by atoms with E-state index in [9.17, 15) is 4.79 Å².